The number of aryl methyl sites for hydroxylation is 2. The zero-order valence-electron chi connectivity index (χ0n) is 25.2. The Morgan fingerprint density at radius 3 is 2.09 bits per heavy atom. The van der Waals surface area contributed by atoms with Crippen LogP contribution < -0.4 is 9.62 Å². The highest BCUT2D eigenvalue weighted by Crippen LogP contribution is 2.28. The van der Waals surface area contributed by atoms with E-state index >= 15 is 0 Å². The number of nitrogens with one attached hydrogen (secondary N) is 1. The van der Waals surface area contributed by atoms with Crippen molar-refractivity contribution in [2.24, 2.45) is 0 Å². The van der Waals surface area contributed by atoms with E-state index in [0.29, 0.717) is 22.8 Å². The molecule has 2 amide bonds. The van der Waals surface area contributed by atoms with E-state index in [0.717, 1.165) is 27.4 Å². The monoisotopic (exact) mass is 631 g/mol. The molecule has 0 aliphatic heterocycles. The molecule has 4 aromatic rings. The third-order valence-electron chi connectivity index (χ3n) is 7.36. The number of carbonyl (C=O) groups excluding carboxylic acids is 2. The van der Waals surface area contributed by atoms with Crippen LogP contribution >= 0.6 is 11.6 Å². The number of benzene rings is 4. The molecule has 0 saturated carbocycles. The van der Waals surface area contributed by atoms with Gasteiger partial charge in [-0.15, -0.1) is 0 Å². The molecule has 0 fully saturated rings. The predicted octanol–water partition coefficient (Wildman–Crippen LogP) is 6.32. The minimum Gasteiger partial charge on any atom is -0.354 e. The van der Waals surface area contributed by atoms with E-state index in [2.05, 4.69) is 5.32 Å². The third kappa shape index (κ3) is 8.27. The van der Waals surface area contributed by atoms with E-state index in [4.69, 9.17) is 11.6 Å². The Kier molecular flexibility index (Phi) is 11.2. The SMILES string of the molecule is CCCNC(=O)[C@H](Cc1ccccc1)N(Cc1ccc(Cl)cc1)C(=O)CN(c1ccccc1C)S(=O)(=O)c1ccc(C)cc1. The molecule has 0 aliphatic carbocycles. The van der Waals surface area contributed by atoms with Crippen LogP contribution in [0.15, 0.2) is 108 Å². The average Bonchev–Trinajstić information content (AvgIpc) is 3.02. The summed E-state index contributed by atoms with van der Waals surface area (Å²) >= 11 is 6.14. The largest absolute Gasteiger partial charge is 0.354 e. The Bertz CT molecular complexity index is 1660. The lowest BCUT2D eigenvalue weighted by atomic mass is 10.0. The molecule has 7 nitrogen and oxygen atoms in total. The predicted molar refractivity (Wildman–Crippen MR) is 176 cm³/mol. The summed E-state index contributed by atoms with van der Waals surface area (Å²) in [4.78, 5) is 29.7. The number of hydrogen-bond donors (Lipinski definition) is 1. The third-order valence-corrected chi connectivity index (χ3v) is 9.38. The fraction of sp³-hybridized carbons (Fsp3) is 0.257. The highest BCUT2D eigenvalue weighted by Gasteiger charge is 2.35. The van der Waals surface area contributed by atoms with Gasteiger partial charge in [0.25, 0.3) is 10.0 Å². The Morgan fingerprint density at radius 1 is 0.818 bits per heavy atom. The summed E-state index contributed by atoms with van der Waals surface area (Å²) in [6.45, 7) is 5.67. The normalized spacial score (nSPS) is 11.9. The molecule has 0 unspecified atom stereocenters. The van der Waals surface area contributed by atoms with Crippen molar-refractivity contribution < 1.29 is 18.0 Å². The molecule has 1 N–H and O–H groups in total. The van der Waals surface area contributed by atoms with E-state index in [1.807, 2.05) is 50.2 Å². The molecule has 230 valence electrons. The van der Waals surface area contributed by atoms with Gasteiger partial charge in [0.15, 0.2) is 0 Å². The molecule has 4 rings (SSSR count). The summed E-state index contributed by atoms with van der Waals surface area (Å²) in [6.07, 6.45) is 0.982. The number of anilines is 1. The van der Waals surface area contributed by atoms with Crippen LogP contribution in [0.5, 0.6) is 0 Å². The highest BCUT2D eigenvalue weighted by molar-refractivity contribution is 7.92. The first-order valence-corrected chi connectivity index (χ1v) is 16.4. The van der Waals surface area contributed by atoms with Crippen LogP contribution in [0.2, 0.25) is 5.02 Å². The summed E-state index contributed by atoms with van der Waals surface area (Å²) in [5.74, 6) is -0.812. The van der Waals surface area contributed by atoms with Gasteiger partial charge in [0.2, 0.25) is 11.8 Å². The molecule has 9 heteroatoms. The second kappa shape index (κ2) is 15.0. The van der Waals surface area contributed by atoms with Crippen LogP contribution in [0.4, 0.5) is 5.69 Å². The number of carbonyl (C=O) groups is 2. The van der Waals surface area contributed by atoms with Gasteiger partial charge in [0, 0.05) is 24.5 Å². The Balaban J connectivity index is 1.80. The molecule has 0 heterocycles. The van der Waals surface area contributed by atoms with Crippen LogP contribution in [-0.4, -0.2) is 44.3 Å². The van der Waals surface area contributed by atoms with E-state index in [9.17, 15) is 18.0 Å². The highest BCUT2D eigenvalue weighted by atomic mass is 35.5. The topological polar surface area (TPSA) is 86.8 Å². The van der Waals surface area contributed by atoms with Crippen LogP contribution in [-0.2, 0) is 32.6 Å². The Hall–Kier alpha value is -4.14. The molecular formula is C35H38ClN3O4S. The lowest BCUT2D eigenvalue weighted by molar-refractivity contribution is -0.140. The molecule has 1 atom stereocenters. The van der Waals surface area contributed by atoms with Gasteiger partial charge < -0.3 is 10.2 Å². The van der Waals surface area contributed by atoms with Gasteiger partial charge in [0.05, 0.1) is 10.6 Å². The summed E-state index contributed by atoms with van der Waals surface area (Å²) < 4.78 is 29.4. The number of hydrogen-bond acceptors (Lipinski definition) is 4. The minimum absolute atomic E-state index is 0.0740. The fourth-order valence-corrected chi connectivity index (χ4v) is 6.51. The van der Waals surface area contributed by atoms with Crippen molar-refractivity contribution in [2.75, 3.05) is 17.4 Å². The minimum atomic E-state index is -4.15. The van der Waals surface area contributed by atoms with Gasteiger partial charge in [-0.2, -0.15) is 0 Å². The van der Waals surface area contributed by atoms with Crippen molar-refractivity contribution in [3.8, 4) is 0 Å². The summed E-state index contributed by atoms with van der Waals surface area (Å²) in [7, 11) is -4.15. The van der Waals surface area contributed by atoms with Crippen molar-refractivity contribution >= 4 is 39.1 Å². The maximum Gasteiger partial charge on any atom is 0.264 e. The molecule has 4 aromatic carbocycles. The number of rotatable bonds is 13. The zero-order chi connectivity index (χ0) is 31.7. The average molecular weight is 632 g/mol. The molecule has 0 aliphatic rings. The number of amides is 2. The zero-order valence-corrected chi connectivity index (χ0v) is 26.8. The van der Waals surface area contributed by atoms with Crippen molar-refractivity contribution in [3.05, 3.63) is 130 Å². The summed E-state index contributed by atoms with van der Waals surface area (Å²) in [5.41, 5.74) is 3.64. The summed E-state index contributed by atoms with van der Waals surface area (Å²) in [5, 5.41) is 3.50. The number of nitrogens with zero attached hydrogens (tertiary/aromatic N) is 2. The van der Waals surface area contributed by atoms with Crippen LogP contribution in [0.3, 0.4) is 0 Å². The molecule has 44 heavy (non-hydrogen) atoms. The van der Waals surface area contributed by atoms with E-state index in [1.165, 1.54) is 4.90 Å². The van der Waals surface area contributed by atoms with Crippen molar-refractivity contribution in [1.82, 2.24) is 10.2 Å². The maximum atomic E-state index is 14.5. The first-order valence-electron chi connectivity index (χ1n) is 14.6. The van der Waals surface area contributed by atoms with Crippen molar-refractivity contribution in [1.29, 1.82) is 0 Å². The van der Waals surface area contributed by atoms with Gasteiger partial charge in [0.1, 0.15) is 12.6 Å². The fourth-order valence-electron chi connectivity index (χ4n) is 4.90. The number of halogens is 1. The molecule has 0 saturated heterocycles. The van der Waals surface area contributed by atoms with Gasteiger partial charge in [-0.3, -0.25) is 13.9 Å². The molecule has 0 radical (unpaired) electrons. The second-order valence-electron chi connectivity index (χ2n) is 10.8. The van der Waals surface area contributed by atoms with Gasteiger partial charge in [-0.05, 0) is 67.3 Å². The first kappa shape index (κ1) is 32.8. The van der Waals surface area contributed by atoms with Crippen molar-refractivity contribution in [3.63, 3.8) is 0 Å². The second-order valence-corrected chi connectivity index (χ2v) is 13.1. The standard InChI is InChI=1S/C35H38ClN3O4S/c1-4-22-37-35(41)33(23-28-11-6-5-7-12-28)38(24-29-16-18-30(36)19-17-29)34(40)25-39(32-13-9-8-10-27(32)3)44(42,43)31-20-14-26(2)15-21-31/h5-21,33H,4,22-25H2,1-3H3,(H,37,41)/t33-/m0/s1. The number of para-hydroxylation sites is 1. The van der Waals surface area contributed by atoms with Crippen LogP contribution in [0, 0.1) is 13.8 Å². The van der Waals surface area contributed by atoms with E-state index in [-0.39, 0.29) is 23.8 Å². The molecule has 0 aromatic heterocycles. The number of sulfonamides is 1. The van der Waals surface area contributed by atoms with E-state index in [1.54, 1.807) is 73.7 Å². The molecule has 0 spiro atoms. The molecular weight excluding hydrogens is 594 g/mol. The smallest absolute Gasteiger partial charge is 0.264 e. The van der Waals surface area contributed by atoms with Gasteiger partial charge in [-0.25, -0.2) is 8.42 Å². The van der Waals surface area contributed by atoms with Crippen LogP contribution in [0.1, 0.15) is 35.6 Å². The van der Waals surface area contributed by atoms with Crippen LogP contribution in [0.25, 0.3) is 0 Å². The van der Waals surface area contributed by atoms with Gasteiger partial charge >= 0.3 is 0 Å². The Labute approximate surface area is 265 Å². The lowest BCUT2D eigenvalue weighted by Gasteiger charge is -2.34. The molecule has 0 bridgehead atoms. The summed E-state index contributed by atoms with van der Waals surface area (Å²) in [6, 6.07) is 29.2. The Morgan fingerprint density at radius 2 is 1.45 bits per heavy atom. The lowest BCUT2D eigenvalue weighted by Crippen LogP contribution is -2.53. The quantitative estimate of drug-likeness (QED) is 0.187. The maximum absolute atomic E-state index is 14.5. The van der Waals surface area contributed by atoms with Crippen molar-refractivity contribution in [2.45, 2.75) is 51.1 Å². The first-order chi connectivity index (χ1) is 21.1. The van der Waals surface area contributed by atoms with E-state index < -0.39 is 28.5 Å². The van der Waals surface area contributed by atoms with Gasteiger partial charge in [-0.1, -0.05) is 96.9 Å².